The number of fused-ring (bicyclic) bond motifs is 1. The van der Waals surface area contributed by atoms with Gasteiger partial charge in [-0.05, 0) is 17.0 Å². The van der Waals surface area contributed by atoms with Gasteiger partial charge in [-0.25, -0.2) is 0 Å². The van der Waals surface area contributed by atoms with Crippen molar-refractivity contribution in [1.29, 1.82) is 0 Å². The molecule has 0 fully saturated rings. The highest BCUT2D eigenvalue weighted by molar-refractivity contribution is 5.49. The molecule has 0 saturated heterocycles. The fourth-order valence-corrected chi connectivity index (χ4v) is 2.02. The normalized spacial score (nSPS) is 20.6. The number of phenolic OH excluding ortho intramolecular Hbond substituents is 2. The van der Waals surface area contributed by atoms with Crippen LogP contribution in [0.1, 0.15) is 31.9 Å². The molecular weight excluding hydrogens is 204 g/mol. The Kier molecular flexibility index (Phi) is 2.58. The van der Waals surface area contributed by atoms with Gasteiger partial charge in [-0.3, -0.25) is 0 Å². The molecule has 88 valence electrons. The Hall–Kier alpha value is -1.22. The minimum Gasteiger partial charge on any atom is -0.504 e. The second-order valence-corrected chi connectivity index (χ2v) is 5.44. The van der Waals surface area contributed by atoms with Crippen LogP contribution in [0, 0.1) is 5.41 Å². The topological polar surface area (TPSA) is 49.7 Å². The molecule has 1 atom stereocenters. The molecule has 1 aliphatic heterocycles. The van der Waals surface area contributed by atoms with Crippen LogP contribution in [0.5, 0.6) is 11.5 Å². The third-order valence-corrected chi connectivity index (χ3v) is 3.15. The van der Waals surface area contributed by atoms with Crippen LogP contribution in [-0.4, -0.2) is 16.3 Å². The van der Waals surface area contributed by atoms with E-state index in [-0.39, 0.29) is 23.0 Å². The quantitative estimate of drug-likeness (QED) is 0.663. The smallest absolute Gasteiger partial charge is 0.161 e. The highest BCUT2D eigenvalue weighted by Gasteiger charge is 2.31. The zero-order chi connectivity index (χ0) is 11.9. The molecule has 2 N–H and O–H groups in total. The van der Waals surface area contributed by atoms with Gasteiger partial charge in [0.15, 0.2) is 11.5 Å². The van der Waals surface area contributed by atoms with Crippen molar-refractivity contribution in [2.24, 2.45) is 5.41 Å². The van der Waals surface area contributed by atoms with Crippen molar-refractivity contribution in [2.75, 3.05) is 0 Å². The predicted molar refractivity (Wildman–Crippen MR) is 61.5 cm³/mol. The van der Waals surface area contributed by atoms with E-state index >= 15 is 0 Å². The van der Waals surface area contributed by atoms with Gasteiger partial charge in [0, 0.05) is 12.0 Å². The molecule has 1 aromatic carbocycles. The molecule has 3 nitrogen and oxygen atoms in total. The number of phenols is 2. The summed E-state index contributed by atoms with van der Waals surface area (Å²) in [4.78, 5) is 0. The molecule has 1 heterocycles. The minimum atomic E-state index is -0.0479. The predicted octanol–water partition coefficient (Wildman–Crippen LogP) is 2.59. The van der Waals surface area contributed by atoms with Gasteiger partial charge in [-0.15, -0.1) is 0 Å². The number of hydrogen-bond acceptors (Lipinski definition) is 3. The maximum Gasteiger partial charge on any atom is 0.161 e. The zero-order valence-corrected chi connectivity index (χ0v) is 9.95. The van der Waals surface area contributed by atoms with Crippen molar-refractivity contribution in [3.63, 3.8) is 0 Å². The summed E-state index contributed by atoms with van der Waals surface area (Å²) >= 11 is 0. The molecule has 1 unspecified atom stereocenters. The SMILES string of the molecule is CC(C)(C)C1Cc2c(ccc(O)c2O)CO1. The summed E-state index contributed by atoms with van der Waals surface area (Å²) in [5, 5.41) is 19.3. The van der Waals surface area contributed by atoms with Crippen molar-refractivity contribution in [2.45, 2.75) is 39.9 Å². The second kappa shape index (κ2) is 3.67. The number of aromatic hydroxyl groups is 2. The summed E-state index contributed by atoms with van der Waals surface area (Å²) in [6.07, 6.45) is 0.728. The molecule has 0 aromatic heterocycles. The lowest BCUT2D eigenvalue weighted by atomic mass is 9.82. The number of hydrogen-bond donors (Lipinski definition) is 2. The van der Waals surface area contributed by atoms with E-state index in [1.807, 2.05) is 6.07 Å². The van der Waals surface area contributed by atoms with E-state index < -0.39 is 0 Å². The van der Waals surface area contributed by atoms with Gasteiger partial charge in [-0.2, -0.15) is 0 Å². The molecule has 1 aromatic rings. The maximum absolute atomic E-state index is 9.82. The average Bonchev–Trinajstić information content (AvgIpc) is 2.22. The van der Waals surface area contributed by atoms with Gasteiger partial charge < -0.3 is 14.9 Å². The highest BCUT2D eigenvalue weighted by atomic mass is 16.5. The summed E-state index contributed by atoms with van der Waals surface area (Å²) < 4.78 is 5.77. The van der Waals surface area contributed by atoms with E-state index in [0.717, 1.165) is 11.1 Å². The summed E-state index contributed by atoms with van der Waals surface area (Å²) in [7, 11) is 0. The Bertz CT molecular complexity index is 404. The van der Waals surface area contributed by atoms with Gasteiger partial charge in [0.05, 0.1) is 12.7 Å². The highest BCUT2D eigenvalue weighted by Crippen LogP contribution is 2.38. The monoisotopic (exact) mass is 222 g/mol. The standard InChI is InChI=1S/C13H18O3/c1-13(2,3)11-6-9-8(7-16-11)4-5-10(14)12(9)15/h4-5,11,14-15H,6-7H2,1-3H3. The lowest BCUT2D eigenvalue weighted by Gasteiger charge is -2.35. The molecule has 2 rings (SSSR count). The fraction of sp³-hybridized carbons (Fsp3) is 0.538. The average molecular weight is 222 g/mol. The first-order valence-electron chi connectivity index (χ1n) is 5.54. The van der Waals surface area contributed by atoms with Crippen LogP contribution in [0.3, 0.4) is 0 Å². The van der Waals surface area contributed by atoms with Gasteiger partial charge in [0.1, 0.15) is 0 Å². The molecule has 16 heavy (non-hydrogen) atoms. The molecule has 0 spiro atoms. The van der Waals surface area contributed by atoms with Crippen molar-refractivity contribution in [3.05, 3.63) is 23.3 Å². The molecular formula is C13H18O3. The van der Waals surface area contributed by atoms with Crippen LogP contribution in [0.25, 0.3) is 0 Å². The van der Waals surface area contributed by atoms with Crippen LogP contribution in [0.4, 0.5) is 0 Å². The van der Waals surface area contributed by atoms with Gasteiger partial charge in [-0.1, -0.05) is 26.8 Å². The molecule has 0 amide bonds. The van der Waals surface area contributed by atoms with Gasteiger partial charge in [0.2, 0.25) is 0 Å². The summed E-state index contributed by atoms with van der Waals surface area (Å²) in [6.45, 7) is 6.85. The van der Waals surface area contributed by atoms with Gasteiger partial charge in [0.25, 0.3) is 0 Å². The first kappa shape index (κ1) is 11.3. The Morgan fingerprint density at radius 2 is 1.94 bits per heavy atom. The lowest BCUT2D eigenvalue weighted by molar-refractivity contribution is -0.0380. The lowest BCUT2D eigenvalue weighted by Crippen LogP contribution is -2.34. The first-order valence-corrected chi connectivity index (χ1v) is 5.54. The number of ether oxygens (including phenoxy) is 1. The summed E-state index contributed by atoms with van der Waals surface area (Å²) in [6, 6.07) is 3.32. The van der Waals surface area contributed by atoms with Gasteiger partial charge >= 0.3 is 0 Å². The van der Waals surface area contributed by atoms with Crippen molar-refractivity contribution in [3.8, 4) is 11.5 Å². The van der Waals surface area contributed by atoms with E-state index in [4.69, 9.17) is 4.74 Å². The largest absolute Gasteiger partial charge is 0.504 e. The van der Waals surface area contributed by atoms with Crippen molar-refractivity contribution in [1.82, 2.24) is 0 Å². The zero-order valence-electron chi connectivity index (χ0n) is 9.95. The maximum atomic E-state index is 9.82. The minimum absolute atomic E-state index is 0.00931. The first-order chi connectivity index (χ1) is 7.39. The number of rotatable bonds is 0. The Morgan fingerprint density at radius 3 is 2.56 bits per heavy atom. The molecule has 0 radical (unpaired) electrons. The number of benzene rings is 1. The molecule has 0 aliphatic carbocycles. The third-order valence-electron chi connectivity index (χ3n) is 3.15. The molecule has 0 saturated carbocycles. The summed E-state index contributed by atoms with van der Waals surface area (Å²) in [5.41, 5.74) is 1.83. The Balaban J connectivity index is 2.36. The van der Waals surface area contributed by atoms with Crippen LogP contribution < -0.4 is 0 Å². The van der Waals surface area contributed by atoms with Crippen LogP contribution in [-0.2, 0) is 17.8 Å². The van der Waals surface area contributed by atoms with E-state index in [9.17, 15) is 10.2 Å². The van der Waals surface area contributed by atoms with Crippen LogP contribution in [0.2, 0.25) is 0 Å². The van der Waals surface area contributed by atoms with Crippen molar-refractivity contribution < 1.29 is 14.9 Å². The van der Waals surface area contributed by atoms with Crippen molar-refractivity contribution >= 4 is 0 Å². The van der Waals surface area contributed by atoms with E-state index in [2.05, 4.69) is 20.8 Å². The molecule has 0 bridgehead atoms. The fourth-order valence-electron chi connectivity index (χ4n) is 2.02. The van der Waals surface area contributed by atoms with E-state index in [0.29, 0.717) is 13.0 Å². The molecule has 3 heteroatoms. The third kappa shape index (κ3) is 1.87. The van der Waals surface area contributed by atoms with Crippen LogP contribution >= 0.6 is 0 Å². The van der Waals surface area contributed by atoms with Crippen LogP contribution in [0.15, 0.2) is 12.1 Å². The second-order valence-electron chi connectivity index (χ2n) is 5.44. The van der Waals surface area contributed by atoms with E-state index in [1.54, 1.807) is 0 Å². The summed E-state index contributed by atoms with van der Waals surface area (Å²) in [5.74, 6) is -0.0386. The Labute approximate surface area is 95.7 Å². The molecule has 1 aliphatic rings. The Morgan fingerprint density at radius 1 is 1.25 bits per heavy atom. The van der Waals surface area contributed by atoms with E-state index in [1.165, 1.54) is 6.07 Å².